The Hall–Kier alpha value is -4.98. The highest BCUT2D eigenvalue weighted by molar-refractivity contribution is 6.07. The normalized spacial score (nSPS) is 12.2. The van der Waals surface area contributed by atoms with Gasteiger partial charge in [0.25, 0.3) is 11.5 Å². The Morgan fingerprint density at radius 3 is 2.56 bits per heavy atom. The maximum absolute atomic E-state index is 14.0. The minimum absolute atomic E-state index is 0.0869. The van der Waals surface area contributed by atoms with Crippen molar-refractivity contribution in [3.8, 4) is 5.69 Å². The van der Waals surface area contributed by atoms with Crippen molar-refractivity contribution in [3.63, 3.8) is 0 Å². The molecule has 3 heterocycles. The minimum Gasteiger partial charge on any atom is -0.381 e. The van der Waals surface area contributed by atoms with Crippen molar-refractivity contribution >= 4 is 38.9 Å². The number of carbonyl (C=O) groups is 1. The fourth-order valence-electron chi connectivity index (χ4n) is 4.73. The topological polar surface area (TPSA) is 107 Å². The number of nitrogens with one attached hydrogen (secondary N) is 1. The van der Waals surface area contributed by atoms with Crippen LogP contribution in [-0.2, 0) is 0 Å². The second-order valence-corrected chi connectivity index (χ2v) is 8.64. The zero-order valence-electron chi connectivity index (χ0n) is 19.4. The zero-order valence-corrected chi connectivity index (χ0v) is 19.4. The average molecular weight is 475 g/mol. The summed E-state index contributed by atoms with van der Waals surface area (Å²) >= 11 is 0. The number of hydrogen-bond donors (Lipinski definition) is 2. The summed E-state index contributed by atoms with van der Waals surface area (Å²) in [6.07, 6.45) is 3.26. The summed E-state index contributed by atoms with van der Waals surface area (Å²) in [4.78, 5) is 31.6. The van der Waals surface area contributed by atoms with E-state index in [0.29, 0.717) is 22.4 Å². The fraction of sp³-hybridized carbons (Fsp3) is 0.0714. The number of nitrogens with two attached hydrogens (primary N) is 1. The number of benzene rings is 3. The van der Waals surface area contributed by atoms with Gasteiger partial charge in [0.15, 0.2) is 11.5 Å². The van der Waals surface area contributed by atoms with E-state index in [9.17, 15) is 9.59 Å². The number of aromatic nitrogens is 4. The number of hydrogen-bond acceptors (Lipinski definition) is 5. The molecule has 0 bridgehead atoms. The van der Waals surface area contributed by atoms with Crippen LogP contribution in [0.5, 0.6) is 0 Å². The van der Waals surface area contributed by atoms with E-state index in [1.807, 2.05) is 79.7 Å². The van der Waals surface area contributed by atoms with Gasteiger partial charge in [-0.15, -0.1) is 5.10 Å². The lowest BCUT2D eigenvalue weighted by molar-refractivity contribution is 0.0941. The van der Waals surface area contributed by atoms with Crippen LogP contribution >= 0.6 is 0 Å². The van der Waals surface area contributed by atoms with Gasteiger partial charge in [-0.05, 0) is 47.3 Å². The molecule has 0 saturated heterocycles. The Labute approximate surface area is 205 Å². The number of para-hydroxylation sites is 1. The summed E-state index contributed by atoms with van der Waals surface area (Å²) < 4.78 is 3.13. The molecule has 3 aromatic heterocycles. The highest BCUT2D eigenvalue weighted by atomic mass is 16.2. The van der Waals surface area contributed by atoms with E-state index in [1.54, 1.807) is 23.0 Å². The highest BCUT2D eigenvalue weighted by Crippen LogP contribution is 2.27. The fourth-order valence-corrected chi connectivity index (χ4v) is 4.73. The van der Waals surface area contributed by atoms with E-state index in [0.717, 1.165) is 16.2 Å². The van der Waals surface area contributed by atoms with Crippen molar-refractivity contribution in [1.29, 1.82) is 0 Å². The Bertz CT molecular complexity index is 1840. The van der Waals surface area contributed by atoms with Crippen LogP contribution in [0.2, 0.25) is 0 Å². The predicted molar refractivity (Wildman–Crippen MR) is 140 cm³/mol. The molecule has 0 aliphatic rings. The van der Waals surface area contributed by atoms with Crippen molar-refractivity contribution in [1.82, 2.24) is 24.5 Å². The molecular formula is C28H22N6O2. The summed E-state index contributed by atoms with van der Waals surface area (Å²) in [6, 6.07) is 24.3. The first-order chi connectivity index (χ1) is 17.5. The Morgan fingerprint density at radius 1 is 0.972 bits per heavy atom. The number of fused-ring (bicyclic) bond motifs is 4. The minimum atomic E-state index is -0.528. The van der Waals surface area contributed by atoms with Gasteiger partial charge in [0, 0.05) is 23.8 Å². The van der Waals surface area contributed by atoms with Crippen LogP contribution in [0, 0.1) is 0 Å². The average Bonchev–Trinajstić information content (AvgIpc) is 3.24. The standard InChI is InChI=1S/C28H22N6O2/c1-17(31-27(35)24-25(29)32-33-15-7-14-30-26(24)33)22-16-19-13-12-18-8-5-6-11-21(18)23(19)28(36)34(22)20-9-3-2-4-10-20/h2-17H,1H3,(H2,29,32)(H,31,35). The van der Waals surface area contributed by atoms with Crippen LogP contribution in [0.3, 0.4) is 0 Å². The third-order valence-corrected chi connectivity index (χ3v) is 6.39. The molecule has 176 valence electrons. The SMILES string of the molecule is CC(NC(=O)c1c(N)nn2cccnc12)c1cc2ccc3ccccc3c2c(=O)n1-c1ccccc1. The molecule has 0 fully saturated rings. The number of nitrogens with zero attached hydrogens (tertiary/aromatic N) is 4. The first kappa shape index (κ1) is 21.5. The number of amides is 1. The van der Waals surface area contributed by atoms with E-state index < -0.39 is 11.9 Å². The molecule has 1 amide bonds. The molecule has 0 aliphatic heterocycles. The van der Waals surface area contributed by atoms with Gasteiger partial charge in [0.05, 0.1) is 11.4 Å². The van der Waals surface area contributed by atoms with Crippen LogP contribution in [0.1, 0.15) is 29.0 Å². The first-order valence-corrected chi connectivity index (χ1v) is 11.6. The van der Waals surface area contributed by atoms with Gasteiger partial charge in [0.2, 0.25) is 0 Å². The van der Waals surface area contributed by atoms with Gasteiger partial charge in [-0.1, -0.05) is 54.6 Å². The third-order valence-electron chi connectivity index (χ3n) is 6.39. The lowest BCUT2D eigenvalue weighted by Crippen LogP contribution is -2.32. The second kappa shape index (κ2) is 8.35. The van der Waals surface area contributed by atoms with E-state index in [1.165, 1.54) is 4.52 Å². The molecule has 8 nitrogen and oxygen atoms in total. The number of carbonyl (C=O) groups excluding carboxylic acids is 1. The van der Waals surface area contributed by atoms with E-state index in [-0.39, 0.29) is 16.9 Å². The smallest absolute Gasteiger partial charge is 0.263 e. The van der Waals surface area contributed by atoms with Crippen LogP contribution in [-0.4, -0.2) is 25.1 Å². The predicted octanol–water partition coefficient (Wildman–Crippen LogP) is 4.26. The molecule has 3 aromatic carbocycles. The molecule has 3 N–H and O–H groups in total. The molecule has 0 spiro atoms. The summed E-state index contributed by atoms with van der Waals surface area (Å²) in [6.45, 7) is 1.84. The summed E-state index contributed by atoms with van der Waals surface area (Å²) in [7, 11) is 0. The largest absolute Gasteiger partial charge is 0.381 e. The van der Waals surface area contributed by atoms with Crippen LogP contribution in [0.25, 0.3) is 32.9 Å². The first-order valence-electron chi connectivity index (χ1n) is 11.6. The second-order valence-electron chi connectivity index (χ2n) is 8.64. The van der Waals surface area contributed by atoms with E-state index in [4.69, 9.17) is 5.73 Å². The van der Waals surface area contributed by atoms with Crippen LogP contribution < -0.4 is 16.6 Å². The van der Waals surface area contributed by atoms with Gasteiger partial charge in [-0.2, -0.15) is 0 Å². The lowest BCUT2D eigenvalue weighted by Gasteiger charge is -2.21. The maximum atomic E-state index is 14.0. The van der Waals surface area contributed by atoms with E-state index in [2.05, 4.69) is 15.4 Å². The Kier molecular flexibility index (Phi) is 5.00. The number of nitrogen functional groups attached to an aromatic ring is 1. The van der Waals surface area contributed by atoms with Crippen LogP contribution in [0.4, 0.5) is 5.82 Å². The Balaban J connectivity index is 1.52. The highest BCUT2D eigenvalue weighted by Gasteiger charge is 2.23. The zero-order chi connectivity index (χ0) is 24.8. The van der Waals surface area contributed by atoms with Gasteiger partial charge in [0.1, 0.15) is 5.56 Å². The van der Waals surface area contributed by atoms with Crippen molar-refractivity contribution < 1.29 is 4.79 Å². The van der Waals surface area contributed by atoms with Gasteiger partial charge < -0.3 is 11.1 Å². The van der Waals surface area contributed by atoms with Crippen LogP contribution in [0.15, 0.2) is 96.1 Å². The molecule has 6 rings (SSSR count). The lowest BCUT2D eigenvalue weighted by atomic mass is 10.0. The molecule has 8 heteroatoms. The maximum Gasteiger partial charge on any atom is 0.263 e. The molecule has 0 aliphatic carbocycles. The van der Waals surface area contributed by atoms with Crippen molar-refractivity contribution in [3.05, 3.63) is 113 Å². The number of pyridine rings is 1. The van der Waals surface area contributed by atoms with Crippen molar-refractivity contribution in [2.75, 3.05) is 5.73 Å². The summed E-state index contributed by atoms with van der Waals surface area (Å²) in [5, 5.41) is 10.5. The molecular weight excluding hydrogens is 452 g/mol. The number of rotatable bonds is 4. The molecule has 36 heavy (non-hydrogen) atoms. The molecule has 1 atom stereocenters. The number of anilines is 1. The van der Waals surface area contributed by atoms with Gasteiger partial charge in [-0.25, -0.2) is 9.50 Å². The van der Waals surface area contributed by atoms with Gasteiger partial charge in [-0.3, -0.25) is 14.2 Å². The monoisotopic (exact) mass is 474 g/mol. The van der Waals surface area contributed by atoms with Gasteiger partial charge >= 0.3 is 0 Å². The molecule has 0 saturated carbocycles. The quantitative estimate of drug-likeness (QED) is 0.371. The molecule has 1 unspecified atom stereocenters. The summed E-state index contributed by atoms with van der Waals surface area (Å²) in [5.74, 6) is -0.330. The Morgan fingerprint density at radius 2 is 1.72 bits per heavy atom. The van der Waals surface area contributed by atoms with Crippen molar-refractivity contribution in [2.45, 2.75) is 13.0 Å². The third kappa shape index (κ3) is 3.39. The van der Waals surface area contributed by atoms with E-state index >= 15 is 0 Å². The van der Waals surface area contributed by atoms with Crippen molar-refractivity contribution in [2.24, 2.45) is 0 Å². The molecule has 0 radical (unpaired) electrons. The molecule has 6 aromatic rings. The summed E-state index contributed by atoms with van der Waals surface area (Å²) in [5.41, 5.74) is 7.82.